The molecule has 1 aliphatic heterocycles. The fraction of sp³-hybridized carbons (Fsp3) is 0.250. The number of piperazine rings is 1. The van der Waals surface area contributed by atoms with Crippen LogP contribution < -0.4 is 4.90 Å². The number of halogens is 1. The van der Waals surface area contributed by atoms with Crippen molar-refractivity contribution in [2.24, 2.45) is 0 Å². The summed E-state index contributed by atoms with van der Waals surface area (Å²) in [5.74, 6) is 1.10. The zero-order valence-corrected chi connectivity index (χ0v) is 14.6. The second-order valence-electron chi connectivity index (χ2n) is 6.45. The van der Waals surface area contributed by atoms with Crippen LogP contribution in [0, 0.1) is 5.82 Å². The van der Waals surface area contributed by atoms with Crippen molar-refractivity contribution in [3.05, 3.63) is 60.7 Å². The van der Waals surface area contributed by atoms with Crippen LogP contribution in [0.25, 0.3) is 22.6 Å². The fourth-order valence-corrected chi connectivity index (χ4v) is 3.06. The van der Waals surface area contributed by atoms with Crippen LogP contribution in [0.15, 0.2) is 54.9 Å². The van der Waals surface area contributed by atoms with Crippen LogP contribution in [0.3, 0.4) is 0 Å². The first-order valence-corrected chi connectivity index (χ1v) is 8.68. The average Bonchev–Trinajstić information content (AvgIpc) is 2.69. The Labute approximate surface area is 152 Å². The first kappa shape index (κ1) is 16.6. The van der Waals surface area contributed by atoms with Gasteiger partial charge in [0.15, 0.2) is 5.82 Å². The molecule has 132 valence electrons. The van der Waals surface area contributed by atoms with Crippen LogP contribution in [0.2, 0.25) is 0 Å². The lowest BCUT2D eigenvalue weighted by Gasteiger charge is -2.33. The molecule has 0 aliphatic carbocycles. The minimum Gasteiger partial charge on any atom is -0.354 e. The van der Waals surface area contributed by atoms with Crippen molar-refractivity contribution in [1.29, 1.82) is 0 Å². The molecular weight excluding hydrogens is 329 g/mol. The van der Waals surface area contributed by atoms with E-state index in [9.17, 15) is 4.39 Å². The third-order valence-corrected chi connectivity index (χ3v) is 4.61. The molecule has 1 saturated heterocycles. The Bertz CT molecular complexity index is 892. The summed E-state index contributed by atoms with van der Waals surface area (Å²) in [7, 11) is 2.11. The molecule has 0 spiro atoms. The quantitative estimate of drug-likeness (QED) is 0.727. The largest absolute Gasteiger partial charge is 0.354 e. The zero-order valence-electron chi connectivity index (χ0n) is 14.6. The third-order valence-electron chi connectivity index (χ3n) is 4.61. The number of hydrogen-bond acceptors (Lipinski definition) is 5. The lowest BCUT2D eigenvalue weighted by atomic mass is 10.1. The van der Waals surface area contributed by atoms with E-state index < -0.39 is 0 Å². The number of rotatable bonds is 3. The highest BCUT2D eigenvalue weighted by molar-refractivity contribution is 5.68. The summed E-state index contributed by atoms with van der Waals surface area (Å²) >= 11 is 0. The molecule has 0 atom stereocenters. The summed E-state index contributed by atoms with van der Waals surface area (Å²) in [6.45, 7) is 3.72. The normalized spacial score (nSPS) is 15.2. The van der Waals surface area contributed by atoms with Crippen molar-refractivity contribution < 1.29 is 4.39 Å². The highest BCUT2D eigenvalue weighted by Gasteiger charge is 2.19. The number of pyridine rings is 1. The van der Waals surface area contributed by atoms with Crippen LogP contribution in [0.5, 0.6) is 0 Å². The minimum absolute atomic E-state index is 0.285. The van der Waals surface area contributed by atoms with Gasteiger partial charge in [0.25, 0.3) is 0 Å². The molecule has 1 fully saturated rings. The Morgan fingerprint density at radius 1 is 0.962 bits per heavy atom. The van der Waals surface area contributed by atoms with Gasteiger partial charge in [-0.3, -0.25) is 4.98 Å². The lowest BCUT2D eigenvalue weighted by molar-refractivity contribution is 0.312. The van der Waals surface area contributed by atoms with Gasteiger partial charge in [-0.15, -0.1) is 0 Å². The number of hydrogen-bond donors (Lipinski definition) is 0. The first-order valence-electron chi connectivity index (χ1n) is 8.68. The Hall–Kier alpha value is -2.86. The standard InChI is InChI=1S/C20H20FN5/c1-25-9-11-26(12-10-25)19-13-18(16-6-2-3-7-17(16)21)23-20(24-19)15-5-4-8-22-14-15/h2-8,13-14H,9-12H2,1H3. The van der Waals surface area contributed by atoms with Crippen LogP contribution >= 0.6 is 0 Å². The molecule has 0 N–H and O–H groups in total. The van der Waals surface area contributed by atoms with E-state index >= 15 is 0 Å². The highest BCUT2D eigenvalue weighted by atomic mass is 19.1. The zero-order chi connectivity index (χ0) is 17.9. The maximum Gasteiger partial charge on any atom is 0.163 e. The Morgan fingerprint density at radius 2 is 1.77 bits per heavy atom. The molecular formula is C20H20FN5. The van der Waals surface area contributed by atoms with Crippen molar-refractivity contribution in [3.63, 3.8) is 0 Å². The Balaban J connectivity index is 1.81. The van der Waals surface area contributed by atoms with Crippen LogP contribution in [0.4, 0.5) is 10.2 Å². The summed E-state index contributed by atoms with van der Waals surface area (Å²) in [4.78, 5) is 18.0. The van der Waals surface area contributed by atoms with Gasteiger partial charge in [-0.25, -0.2) is 14.4 Å². The second kappa shape index (κ2) is 7.17. The van der Waals surface area contributed by atoms with Gasteiger partial charge in [0.05, 0.1) is 5.69 Å². The molecule has 0 unspecified atom stereocenters. The van der Waals surface area contributed by atoms with Crippen LogP contribution in [0.1, 0.15) is 0 Å². The van der Waals surface area contributed by atoms with Crippen molar-refractivity contribution in [2.75, 3.05) is 38.1 Å². The average molecular weight is 349 g/mol. The number of anilines is 1. The monoisotopic (exact) mass is 349 g/mol. The minimum atomic E-state index is -0.285. The van der Waals surface area contributed by atoms with E-state index in [0.29, 0.717) is 17.1 Å². The Kier molecular flexibility index (Phi) is 4.58. The molecule has 1 aliphatic rings. The third kappa shape index (κ3) is 3.41. The molecule has 2 aromatic heterocycles. The van der Waals surface area contributed by atoms with E-state index in [2.05, 4.69) is 26.8 Å². The molecule has 26 heavy (non-hydrogen) atoms. The summed E-state index contributed by atoms with van der Waals surface area (Å²) < 4.78 is 14.3. The van der Waals surface area contributed by atoms with E-state index in [1.54, 1.807) is 24.5 Å². The van der Waals surface area contributed by atoms with E-state index in [1.165, 1.54) is 6.07 Å². The van der Waals surface area contributed by atoms with Gasteiger partial charge in [-0.1, -0.05) is 12.1 Å². The smallest absolute Gasteiger partial charge is 0.163 e. The van der Waals surface area contributed by atoms with E-state index in [-0.39, 0.29) is 5.82 Å². The predicted molar refractivity (Wildman–Crippen MR) is 100 cm³/mol. The number of benzene rings is 1. The molecule has 0 radical (unpaired) electrons. The second-order valence-corrected chi connectivity index (χ2v) is 6.45. The summed E-state index contributed by atoms with van der Waals surface area (Å²) in [5, 5.41) is 0. The van der Waals surface area contributed by atoms with Gasteiger partial charge in [-0.05, 0) is 31.3 Å². The molecule has 0 saturated carbocycles. The van der Waals surface area contributed by atoms with E-state index in [1.807, 2.05) is 24.3 Å². The van der Waals surface area contributed by atoms with Crippen LogP contribution in [-0.4, -0.2) is 53.1 Å². The number of nitrogens with zero attached hydrogens (tertiary/aromatic N) is 5. The maximum atomic E-state index is 14.3. The SMILES string of the molecule is CN1CCN(c2cc(-c3ccccc3F)nc(-c3cccnc3)n2)CC1. The summed E-state index contributed by atoms with van der Waals surface area (Å²) in [6, 6.07) is 12.4. The fourth-order valence-electron chi connectivity index (χ4n) is 3.06. The summed E-state index contributed by atoms with van der Waals surface area (Å²) in [5.41, 5.74) is 1.89. The summed E-state index contributed by atoms with van der Waals surface area (Å²) in [6.07, 6.45) is 3.44. The van der Waals surface area contributed by atoms with Gasteiger partial charge in [0, 0.05) is 55.8 Å². The lowest BCUT2D eigenvalue weighted by Crippen LogP contribution is -2.44. The van der Waals surface area contributed by atoms with E-state index in [4.69, 9.17) is 4.98 Å². The van der Waals surface area contributed by atoms with E-state index in [0.717, 1.165) is 37.6 Å². The highest BCUT2D eigenvalue weighted by Crippen LogP contribution is 2.27. The van der Waals surface area contributed by atoms with Crippen molar-refractivity contribution >= 4 is 5.82 Å². The van der Waals surface area contributed by atoms with Crippen molar-refractivity contribution in [3.8, 4) is 22.6 Å². The van der Waals surface area contributed by atoms with Gasteiger partial charge in [0.2, 0.25) is 0 Å². The maximum absolute atomic E-state index is 14.3. The topological polar surface area (TPSA) is 45.2 Å². The van der Waals surface area contributed by atoms with Gasteiger partial charge in [0.1, 0.15) is 11.6 Å². The number of likely N-dealkylation sites (N-methyl/N-ethyl adjacent to an activating group) is 1. The van der Waals surface area contributed by atoms with Gasteiger partial charge >= 0.3 is 0 Å². The molecule has 0 bridgehead atoms. The molecule has 6 heteroatoms. The number of aromatic nitrogens is 3. The molecule has 0 amide bonds. The van der Waals surface area contributed by atoms with Crippen molar-refractivity contribution in [1.82, 2.24) is 19.9 Å². The van der Waals surface area contributed by atoms with Crippen LogP contribution in [-0.2, 0) is 0 Å². The molecule has 3 heterocycles. The Morgan fingerprint density at radius 3 is 2.50 bits per heavy atom. The molecule has 1 aromatic carbocycles. The molecule has 4 rings (SSSR count). The van der Waals surface area contributed by atoms with Gasteiger partial charge in [-0.2, -0.15) is 0 Å². The predicted octanol–water partition coefficient (Wildman–Crippen LogP) is 3.10. The van der Waals surface area contributed by atoms with Gasteiger partial charge < -0.3 is 9.80 Å². The molecule has 5 nitrogen and oxygen atoms in total. The van der Waals surface area contributed by atoms with Crippen molar-refractivity contribution in [2.45, 2.75) is 0 Å². The first-order chi connectivity index (χ1) is 12.7. The molecule has 3 aromatic rings.